The third-order valence-corrected chi connectivity index (χ3v) is 3.93. The summed E-state index contributed by atoms with van der Waals surface area (Å²) in [5, 5.41) is 3.05. The van der Waals surface area contributed by atoms with E-state index < -0.39 is 0 Å². The van der Waals surface area contributed by atoms with Gasteiger partial charge in [-0.1, -0.05) is 48.0 Å². The summed E-state index contributed by atoms with van der Waals surface area (Å²) in [6.07, 6.45) is 0. The maximum absolute atomic E-state index is 12.3. The number of carbonyl (C=O) groups is 1. The Bertz CT molecular complexity index is 632. The highest BCUT2D eigenvalue weighted by atomic mass is 16.1. The van der Waals surface area contributed by atoms with E-state index in [4.69, 9.17) is 0 Å². The fraction of sp³-hybridized carbons (Fsp3) is 0.316. The Balaban J connectivity index is 2.08. The lowest BCUT2D eigenvalue weighted by molar-refractivity contribution is 0.0941. The summed E-state index contributed by atoms with van der Waals surface area (Å²) in [4.78, 5) is 14.5. The molecule has 0 aliphatic rings. The molecule has 0 aliphatic carbocycles. The molecule has 3 heteroatoms. The monoisotopic (exact) mass is 296 g/mol. The van der Waals surface area contributed by atoms with Crippen molar-refractivity contribution in [3.63, 3.8) is 0 Å². The Labute approximate surface area is 133 Å². The van der Waals surface area contributed by atoms with Crippen molar-refractivity contribution in [3.8, 4) is 0 Å². The molecule has 0 radical (unpaired) electrons. The lowest BCUT2D eigenvalue weighted by atomic mass is 10.0. The van der Waals surface area contributed by atoms with Crippen molar-refractivity contribution in [1.29, 1.82) is 0 Å². The molecule has 0 fully saturated rings. The van der Waals surface area contributed by atoms with Crippen molar-refractivity contribution in [2.24, 2.45) is 0 Å². The highest BCUT2D eigenvalue weighted by Crippen LogP contribution is 2.18. The molecular weight excluding hydrogens is 272 g/mol. The largest absolute Gasteiger partial charge is 0.350 e. The summed E-state index contributed by atoms with van der Waals surface area (Å²) in [5.41, 5.74) is 4.19. The predicted molar refractivity (Wildman–Crippen MR) is 91.1 cm³/mol. The first-order valence-electron chi connectivity index (χ1n) is 7.56. The first-order valence-corrected chi connectivity index (χ1v) is 7.56. The van der Waals surface area contributed by atoms with Crippen LogP contribution in [-0.2, 0) is 0 Å². The van der Waals surface area contributed by atoms with Crippen LogP contribution in [-0.4, -0.2) is 31.4 Å². The molecule has 0 heterocycles. The normalized spacial score (nSPS) is 12.2. The van der Waals surface area contributed by atoms with Crippen molar-refractivity contribution in [2.75, 3.05) is 20.6 Å². The van der Waals surface area contributed by atoms with E-state index in [1.54, 1.807) is 0 Å². The van der Waals surface area contributed by atoms with E-state index in [2.05, 4.69) is 41.4 Å². The predicted octanol–water partition coefficient (Wildman–Crippen LogP) is 3.34. The molecule has 2 aromatic rings. The van der Waals surface area contributed by atoms with Gasteiger partial charge >= 0.3 is 0 Å². The van der Waals surface area contributed by atoms with Crippen LogP contribution in [0.15, 0.2) is 48.5 Å². The Kier molecular flexibility index (Phi) is 5.34. The number of rotatable bonds is 5. The lowest BCUT2D eigenvalue weighted by Crippen LogP contribution is -2.34. The lowest BCUT2D eigenvalue weighted by Gasteiger charge is -2.25. The Morgan fingerprint density at radius 2 is 1.68 bits per heavy atom. The van der Waals surface area contributed by atoms with Gasteiger partial charge in [-0.15, -0.1) is 0 Å². The molecule has 0 saturated heterocycles. The molecule has 0 spiro atoms. The van der Waals surface area contributed by atoms with Gasteiger partial charge in [-0.3, -0.25) is 4.79 Å². The van der Waals surface area contributed by atoms with Crippen molar-refractivity contribution >= 4 is 5.91 Å². The van der Waals surface area contributed by atoms with E-state index in [1.165, 1.54) is 11.1 Å². The third kappa shape index (κ3) is 3.95. The minimum Gasteiger partial charge on any atom is -0.350 e. The van der Waals surface area contributed by atoms with Crippen molar-refractivity contribution in [2.45, 2.75) is 19.9 Å². The minimum absolute atomic E-state index is 0.0166. The van der Waals surface area contributed by atoms with Crippen LogP contribution in [0.4, 0.5) is 0 Å². The van der Waals surface area contributed by atoms with Gasteiger partial charge in [0.15, 0.2) is 0 Å². The second-order valence-corrected chi connectivity index (χ2v) is 5.92. The summed E-state index contributed by atoms with van der Waals surface area (Å²) < 4.78 is 0. The van der Waals surface area contributed by atoms with E-state index >= 15 is 0 Å². The molecule has 0 aliphatic heterocycles. The SMILES string of the molecule is Cc1ccc([C@H](CNC(=O)c2ccccc2C)N(C)C)cc1. The van der Waals surface area contributed by atoms with Gasteiger partial charge in [0, 0.05) is 12.1 Å². The summed E-state index contributed by atoms with van der Waals surface area (Å²) in [5.74, 6) is -0.0166. The van der Waals surface area contributed by atoms with Gasteiger partial charge in [0.2, 0.25) is 0 Å². The molecule has 0 aromatic heterocycles. The number of carbonyl (C=O) groups excluding carboxylic acids is 1. The molecular formula is C19H24N2O. The van der Waals surface area contributed by atoms with E-state index in [-0.39, 0.29) is 11.9 Å². The molecule has 22 heavy (non-hydrogen) atoms. The maximum atomic E-state index is 12.3. The number of benzene rings is 2. The topological polar surface area (TPSA) is 32.3 Å². The molecule has 116 valence electrons. The number of amides is 1. The molecule has 1 atom stereocenters. The number of likely N-dealkylation sites (N-methyl/N-ethyl adjacent to an activating group) is 1. The number of hydrogen-bond acceptors (Lipinski definition) is 2. The van der Waals surface area contributed by atoms with Crippen molar-refractivity contribution in [1.82, 2.24) is 10.2 Å². The Morgan fingerprint density at radius 1 is 1.05 bits per heavy atom. The van der Waals surface area contributed by atoms with Crippen LogP contribution in [0.25, 0.3) is 0 Å². The van der Waals surface area contributed by atoms with Gasteiger partial charge in [-0.05, 0) is 45.1 Å². The van der Waals surface area contributed by atoms with Gasteiger partial charge in [-0.25, -0.2) is 0 Å². The third-order valence-electron chi connectivity index (χ3n) is 3.93. The number of aryl methyl sites for hydroxylation is 2. The zero-order chi connectivity index (χ0) is 16.1. The molecule has 0 unspecified atom stereocenters. The molecule has 2 aromatic carbocycles. The van der Waals surface area contributed by atoms with Crippen LogP contribution < -0.4 is 5.32 Å². The van der Waals surface area contributed by atoms with Crippen molar-refractivity contribution < 1.29 is 4.79 Å². The van der Waals surface area contributed by atoms with Crippen LogP contribution in [0.5, 0.6) is 0 Å². The molecule has 0 bridgehead atoms. The van der Waals surface area contributed by atoms with E-state index in [0.29, 0.717) is 6.54 Å². The molecule has 2 rings (SSSR count). The molecule has 3 nitrogen and oxygen atoms in total. The highest BCUT2D eigenvalue weighted by molar-refractivity contribution is 5.95. The average molecular weight is 296 g/mol. The van der Waals surface area contributed by atoms with Crippen LogP contribution in [0.2, 0.25) is 0 Å². The zero-order valence-corrected chi connectivity index (χ0v) is 13.8. The summed E-state index contributed by atoms with van der Waals surface area (Å²) in [6, 6.07) is 16.3. The molecule has 1 amide bonds. The van der Waals surface area contributed by atoms with Gasteiger partial charge < -0.3 is 10.2 Å². The van der Waals surface area contributed by atoms with E-state index in [1.807, 2.05) is 45.3 Å². The van der Waals surface area contributed by atoms with Crippen LogP contribution in [0.1, 0.15) is 33.1 Å². The fourth-order valence-electron chi connectivity index (χ4n) is 2.50. The first kappa shape index (κ1) is 16.2. The van der Waals surface area contributed by atoms with Crippen molar-refractivity contribution in [3.05, 3.63) is 70.8 Å². The Hall–Kier alpha value is -2.13. The second kappa shape index (κ2) is 7.23. The second-order valence-electron chi connectivity index (χ2n) is 5.92. The summed E-state index contributed by atoms with van der Waals surface area (Å²) in [6.45, 7) is 4.62. The minimum atomic E-state index is -0.0166. The maximum Gasteiger partial charge on any atom is 0.251 e. The van der Waals surface area contributed by atoms with Crippen LogP contribution in [0, 0.1) is 13.8 Å². The standard InChI is InChI=1S/C19H24N2O/c1-14-9-11-16(12-10-14)18(21(3)4)13-20-19(22)17-8-6-5-7-15(17)2/h5-12,18H,13H2,1-4H3,(H,20,22)/t18-/m0/s1. The van der Waals surface area contributed by atoms with Crippen LogP contribution in [0.3, 0.4) is 0 Å². The number of hydrogen-bond donors (Lipinski definition) is 1. The van der Waals surface area contributed by atoms with Gasteiger partial charge in [0.1, 0.15) is 0 Å². The zero-order valence-electron chi connectivity index (χ0n) is 13.8. The van der Waals surface area contributed by atoms with E-state index in [0.717, 1.165) is 11.1 Å². The first-order chi connectivity index (χ1) is 10.5. The molecule has 0 saturated carbocycles. The summed E-state index contributed by atoms with van der Waals surface area (Å²) in [7, 11) is 4.06. The molecule has 1 N–H and O–H groups in total. The highest BCUT2D eigenvalue weighted by Gasteiger charge is 2.16. The number of nitrogens with one attached hydrogen (secondary N) is 1. The van der Waals surface area contributed by atoms with Gasteiger partial charge in [0.05, 0.1) is 6.04 Å². The van der Waals surface area contributed by atoms with Gasteiger partial charge in [0.25, 0.3) is 5.91 Å². The van der Waals surface area contributed by atoms with Crippen LogP contribution >= 0.6 is 0 Å². The Morgan fingerprint density at radius 3 is 2.27 bits per heavy atom. The average Bonchev–Trinajstić information content (AvgIpc) is 2.49. The fourth-order valence-corrected chi connectivity index (χ4v) is 2.50. The smallest absolute Gasteiger partial charge is 0.251 e. The quantitative estimate of drug-likeness (QED) is 0.918. The van der Waals surface area contributed by atoms with Gasteiger partial charge in [-0.2, -0.15) is 0 Å². The van der Waals surface area contributed by atoms with E-state index in [9.17, 15) is 4.79 Å². The summed E-state index contributed by atoms with van der Waals surface area (Å²) >= 11 is 0. The number of nitrogens with zero attached hydrogens (tertiary/aromatic N) is 1.